The standard InChI is InChI=1S/C30H30Cl2N2O8/c1-38-21-13-26(40-3)22(27(14-21)41-4)16-33-15-19(11-18-12-20(31)9-10-24(18)39-2)29(36)34(17-28(33)35)30(37)42-25-8-6-5-7-23(25)32/h5-10,12-14,19H,11,15-17H2,1-4H3/t19-/m0/s1. The van der Waals surface area contributed by atoms with Crippen LogP contribution in [0.15, 0.2) is 54.6 Å². The van der Waals surface area contributed by atoms with Crippen LogP contribution >= 0.6 is 23.2 Å². The summed E-state index contributed by atoms with van der Waals surface area (Å²) in [7, 11) is 6.01. The van der Waals surface area contributed by atoms with Crippen LogP contribution in [0.5, 0.6) is 28.7 Å². The Labute approximate surface area is 253 Å². The topological polar surface area (TPSA) is 104 Å². The number of halogens is 2. The van der Waals surface area contributed by atoms with Crippen LogP contribution < -0.4 is 23.7 Å². The molecule has 1 saturated heterocycles. The third-order valence-electron chi connectivity index (χ3n) is 6.83. The Morgan fingerprint density at radius 2 is 1.52 bits per heavy atom. The van der Waals surface area contributed by atoms with Crippen molar-refractivity contribution in [1.82, 2.24) is 9.80 Å². The van der Waals surface area contributed by atoms with Crippen LogP contribution in [0.3, 0.4) is 0 Å². The molecule has 1 aliphatic heterocycles. The summed E-state index contributed by atoms with van der Waals surface area (Å²) in [5.41, 5.74) is 1.20. The molecule has 1 aliphatic rings. The number of hydrogen-bond donors (Lipinski definition) is 0. The minimum atomic E-state index is -1.02. The summed E-state index contributed by atoms with van der Waals surface area (Å²) in [5.74, 6) is -0.0137. The van der Waals surface area contributed by atoms with Gasteiger partial charge in [0.25, 0.3) is 0 Å². The Kier molecular flexibility index (Phi) is 10.0. The molecule has 0 aliphatic carbocycles. The van der Waals surface area contributed by atoms with Gasteiger partial charge in [0.15, 0.2) is 5.75 Å². The predicted molar refractivity (Wildman–Crippen MR) is 156 cm³/mol. The Bertz CT molecular complexity index is 1460. The average Bonchev–Trinajstić information content (AvgIpc) is 3.10. The number of amides is 3. The van der Waals surface area contributed by atoms with E-state index in [1.54, 1.807) is 48.5 Å². The number of hydrogen-bond acceptors (Lipinski definition) is 8. The molecule has 0 spiro atoms. The van der Waals surface area contributed by atoms with Gasteiger partial charge in [-0.15, -0.1) is 0 Å². The molecule has 4 rings (SSSR count). The maximum Gasteiger partial charge on any atom is 0.422 e. The summed E-state index contributed by atoms with van der Waals surface area (Å²) >= 11 is 12.4. The molecule has 0 saturated carbocycles. The number of carbonyl (C=O) groups is 3. The van der Waals surface area contributed by atoms with Crippen LogP contribution in [0.25, 0.3) is 0 Å². The second kappa shape index (κ2) is 13.7. The van der Waals surface area contributed by atoms with Gasteiger partial charge in [-0.1, -0.05) is 35.3 Å². The molecule has 222 valence electrons. The number of nitrogens with zero attached hydrogens (tertiary/aromatic N) is 2. The van der Waals surface area contributed by atoms with E-state index in [-0.39, 0.29) is 30.3 Å². The highest BCUT2D eigenvalue weighted by atomic mass is 35.5. The van der Waals surface area contributed by atoms with Crippen LogP contribution in [0, 0.1) is 5.92 Å². The summed E-state index contributed by atoms with van der Waals surface area (Å²) < 4.78 is 27.4. The summed E-state index contributed by atoms with van der Waals surface area (Å²) in [6.07, 6.45) is -0.898. The number of benzene rings is 3. The Balaban J connectivity index is 1.72. The molecule has 10 nitrogen and oxygen atoms in total. The SMILES string of the molecule is COc1cc(OC)c(CN2C[C@H](Cc3cc(Cl)ccc3OC)C(=O)N(C(=O)Oc3ccccc3Cl)CC2=O)c(OC)c1. The van der Waals surface area contributed by atoms with Crippen molar-refractivity contribution in [3.8, 4) is 28.7 Å². The molecule has 0 bridgehead atoms. The number of rotatable bonds is 9. The van der Waals surface area contributed by atoms with Gasteiger partial charge in [-0.05, 0) is 42.3 Å². The van der Waals surface area contributed by atoms with E-state index in [4.69, 9.17) is 46.9 Å². The smallest absolute Gasteiger partial charge is 0.422 e. The normalized spacial score (nSPS) is 15.2. The van der Waals surface area contributed by atoms with Crippen molar-refractivity contribution in [2.45, 2.75) is 13.0 Å². The molecule has 3 aromatic carbocycles. The molecule has 1 fully saturated rings. The van der Waals surface area contributed by atoms with Gasteiger partial charge in [-0.3, -0.25) is 9.59 Å². The molecule has 0 radical (unpaired) electrons. The number of imide groups is 1. The van der Waals surface area contributed by atoms with Gasteiger partial charge in [0.2, 0.25) is 11.8 Å². The van der Waals surface area contributed by atoms with Crippen molar-refractivity contribution in [2.75, 3.05) is 41.5 Å². The maximum absolute atomic E-state index is 13.9. The molecule has 3 aromatic rings. The van der Waals surface area contributed by atoms with Crippen molar-refractivity contribution < 1.29 is 38.1 Å². The van der Waals surface area contributed by atoms with Crippen molar-refractivity contribution in [1.29, 1.82) is 0 Å². The lowest BCUT2D eigenvalue weighted by Crippen LogP contribution is -2.44. The third kappa shape index (κ3) is 6.83. The Morgan fingerprint density at radius 3 is 2.14 bits per heavy atom. The highest BCUT2D eigenvalue weighted by Gasteiger charge is 2.39. The second-order valence-electron chi connectivity index (χ2n) is 9.36. The van der Waals surface area contributed by atoms with Crippen LogP contribution in [-0.2, 0) is 22.6 Å². The Morgan fingerprint density at radius 1 is 0.857 bits per heavy atom. The van der Waals surface area contributed by atoms with E-state index >= 15 is 0 Å². The van der Waals surface area contributed by atoms with Crippen molar-refractivity contribution in [3.63, 3.8) is 0 Å². The molecule has 0 N–H and O–H groups in total. The molecular weight excluding hydrogens is 587 g/mol. The minimum Gasteiger partial charge on any atom is -0.496 e. The highest BCUT2D eigenvalue weighted by molar-refractivity contribution is 6.32. The van der Waals surface area contributed by atoms with E-state index in [1.807, 2.05) is 0 Å². The van der Waals surface area contributed by atoms with Gasteiger partial charge in [0, 0.05) is 23.7 Å². The van der Waals surface area contributed by atoms with Gasteiger partial charge in [0.05, 0.1) is 51.5 Å². The summed E-state index contributed by atoms with van der Waals surface area (Å²) in [5, 5.41) is 0.627. The monoisotopic (exact) mass is 616 g/mol. The second-order valence-corrected chi connectivity index (χ2v) is 10.2. The molecule has 3 amide bonds. The molecule has 1 heterocycles. The largest absolute Gasteiger partial charge is 0.496 e. The third-order valence-corrected chi connectivity index (χ3v) is 7.38. The predicted octanol–water partition coefficient (Wildman–Crippen LogP) is 5.26. The highest BCUT2D eigenvalue weighted by Crippen LogP contribution is 2.36. The lowest BCUT2D eigenvalue weighted by atomic mass is 9.96. The van der Waals surface area contributed by atoms with E-state index in [1.165, 1.54) is 39.4 Å². The van der Waals surface area contributed by atoms with E-state index in [0.717, 1.165) is 4.90 Å². The zero-order valence-electron chi connectivity index (χ0n) is 23.5. The lowest BCUT2D eigenvalue weighted by Gasteiger charge is -2.26. The van der Waals surface area contributed by atoms with Crippen LogP contribution in [0.2, 0.25) is 10.0 Å². The Hall–Kier alpha value is -4.15. The van der Waals surface area contributed by atoms with Gasteiger partial charge in [-0.25, -0.2) is 9.69 Å². The zero-order valence-corrected chi connectivity index (χ0v) is 25.0. The van der Waals surface area contributed by atoms with E-state index in [9.17, 15) is 14.4 Å². The van der Waals surface area contributed by atoms with Gasteiger partial charge >= 0.3 is 6.09 Å². The molecule has 1 atom stereocenters. The quantitative estimate of drug-likeness (QED) is 0.321. The van der Waals surface area contributed by atoms with E-state index in [2.05, 4.69) is 0 Å². The maximum atomic E-state index is 13.9. The molecule has 42 heavy (non-hydrogen) atoms. The molecule has 0 aromatic heterocycles. The van der Waals surface area contributed by atoms with Crippen LogP contribution in [-0.4, -0.2) is 69.2 Å². The summed E-state index contributed by atoms with van der Waals surface area (Å²) in [6.45, 7) is -0.549. The van der Waals surface area contributed by atoms with Gasteiger partial charge in [-0.2, -0.15) is 0 Å². The number of ether oxygens (including phenoxy) is 5. The number of methoxy groups -OCH3 is 4. The molecule has 0 unspecified atom stereocenters. The first-order chi connectivity index (χ1) is 20.2. The fourth-order valence-corrected chi connectivity index (χ4v) is 5.08. The first-order valence-electron chi connectivity index (χ1n) is 12.9. The minimum absolute atomic E-state index is 0.0262. The molecule has 12 heteroatoms. The molecular formula is C30H30Cl2N2O8. The first-order valence-corrected chi connectivity index (χ1v) is 13.6. The number of carbonyl (C=O) groups excluding carboxylic acids is 3. The van der Waals surface area contributed by atoms with Gasteiger partial charge in [0.1, 0.15) is 29.5 Å². The fourth-order valence-electron chi connectivity index (χ4n) is 4.71. The van der Waals surface area contributed by atoms with Crippen LogP contribution in [0.4, 0.5) is 4.79 Å². The summed E-state index contributed by atoms with van der Waals surface area (Å²) in [6, 6.07) is 14.7. The van der Waals surface area contributed by atoms with Crippen LogP contribution in [0.1, 0.15) is 11.1 Å². The van der Waals surface area contributed by atoms with Crippen molar-refractivity contribution in [3.05, 3.63) is 75.8 Å². The fraction of sp³-hybridized carbons (Fsp3) is 0.300. The first kappa shape index (κ1) is 30.8. The van der Waals surface area contributed by atoms with Crippen molar-refractivity contribution in [2.24, 2.45) is 5.92 Å². The van der Waals surface area contributed by atoms with E-state index < -0.39 is 30.4 Å². The summed E-state index contributed by atoms with van der Waals surface area (Å²) in [4.78, 5) is 43.1. The lowest BCUT2D eigenvalue weighted by molar-refractivity contribution is -0.135. The number of para-hydroxylation sites is 1. The van der Waals surface area contributed by atoms with Crippen molar-refractivity contribution >= 4 is 41.1 Å². The van der Waals surface area contributed by atoms with Gasteiger partial charge < -0.3 is 28.6 Å². The zero-order chi connectivity index (χ0) is 30.4. The van der Waals surface area contributed by atoms with E-state index in [0.29, 0.717) is 39.1 Å². The average molecular weight is 617 g/mol.